The summed E-state index contributed by atoms with van der Waals surface area (Å²) in [7, 11) is -0.992. The highest BCUT2D eigenvalue weighted by Crippen LogP contribution is 2.25. The topological polar surface area (TPSA) is 119 Å². The first-order valence-corrected chi connectivity index (χ1v) is 11.1. The van der Waals surface area contributed by atoms with Crippen molar-refractivity contribution in [3.63, 3.8) is 0 Å². The Balaban J connectivity index is 1.86. The Kier molecular flexibility index (Phi) is 6.71. The van der Waals surface area contributed by atoms with E-state index in [4.69, 9.17) is 22.1 Å². The number of amides is 2. The van der Waals surface area contributed by atoms with Gasteiger partial charge in [0.25, 0.3) is 15.9 Å². The van der Waals surface area contributed by atoms with Crippen molar-refractivity contribution in [2.24, 2.45) is 5.73 Å². The molecule has 10 heteroatoms. The molecule has 0 aromatic heterocycles. The molecule has 0 saturated heterocycles. The van der Waals surface area contributed by atoms with Crippen LogP contribution in [0.5, 0.6) is 5.75 Å². The van der Waals surface area contributed by atoms with Crippen molar-refractivity contribution in [1.29, 1.82) is 0 Å². The first-order valence-electron chi connectivity index (χ1n) is 9.27. The van der Waals surface area contributed by atoms with Gasteiger partial charge < -0.3 is 15.8 Å². The molecule has 0 aliphatic carbocycles. The standard InChI is InChI=1S/C22H20ClN3O5S/c1-26(16-7-9-17(31-2)10-8-16)32(29,30)18-5-3-4-14(12-18)22(28)25-15-6-11-20(23)19(13-15)21(24)27/h3-13H,1-2H3,(H2,24,27)(H,25,28). The van der Waals surface area contributed by atoms with E-state index in [0.717, 1.165) is 4.31 Å². The van der Waals surface area contributed by atoms with Gasteiger partial charge in [-0.3, -0.25) is 13.9 Å². The fourth-order valence-electron chi connectivity index (χ4n) is 2.88. The number of nitrogens with one attached hydrogen (secondary N) is 1. The van der Waals surface area contributed by atoms with Gasteiger partial charge in [0, 0.05) is 18.3 Å². The second-order valence-corrected chi connectivity index (χ2v) is 9.09. The monoisotopic (exact) mass is 473 g/mol. The summed E-state index contributed by atoms with van der Waals surface area (Å²) in [5, 5.41) is 2.76. The Morgan fingerprint density at radius 1 is 1.03 bits per heavy atom. The lowest BCUT2D eigenvalue weighted by Gasteiger charge is -2.20. The Morgan fingerprint density at radius 3 is 2.34 bits per heavy atom. The number of ether oxygens (including phenoxy) is 1. The summed E-state index contributed by atoms with van der Waals surface area (Å²) in [5.41, 5.74) is 6.16. The van der Waals surface area contributed by atoms with E-state index in [1.165, 1.54) is 56.6 Å². The van der Waals surface area contributed by atoms with Crippen LogP contribution < -0.4 is 20.1 Å². The number of rotatable bonds is 7. The van der Waals surface area contributed by atoms with E-state index in [1.54, 1.807) is 24.3 Å². The largest absolute Gasteiger partial charge is 0.497 e. The molecule has 32 heavy (non-hydrogen) atoms. The van der Waals surface area contributed by atoms with E-state index in [1.807, 2.05) is 0 Å². The molecule has 3 aromatic carbocycles. The zero-order valence-electron chi connectivity index (χ0n) is 17.2. The van der Waals surface area contributed by atoms with Crippen LogP contribution in [-0.4, -0.2) is 34.4 Å². The van der Waals surface area contributed by atoms with Crippen LogP contribution in [0.3, 0.4) is 0 Å². The number of nitrogens with two attached hydrogens (primary N) is 1. The van der Waals surface area contributed by atoms with Crippen molar-refractivity contribution < 1.29 is 22.7 Å². The van der Waals surface area contributed by atoms with E-state index in [2.05, 4.69) is 5.32 Å². The zero-order chi connectivity index (χ0) is 23.5. The Bertz CT molecular complexity index is 1280. The van der Waals surface area contributed by atoms with Gasteiger partial charge in [-0.25, -0.2) is 8.42 Å². The number of carbonyl (C=O) groups excluding carboxylic acids is 2. The molecule has 0 aliphatic heterocycles. The van der Waals surface area contributed by atoms with Crippen molar-refractivity contribution in [3.05, 3.63) is 82.9 Å². The molecular weight excluding hydrogens is 454 g/mol. The van der Waals surface area contributed by atoms with Crippen molar-refractivity contribution in [1.82, 2.24) is 0 Å². The highest BCUT2D eigenvalue weighted by Gasteiger charge is 2.22. The second-order valence-electron chi connectivity index (χ2n) is 6.71. The van der Waals surface area contributed by atoms with Gasteiger partial charge in [0.05, 0.1) is 28.3 Å². The minimum atomic E-state index is -3.93. The Hall–Kier alpha value is -3.56. The molecule has 0 radical (unpaired) electrons. The van der Waals surface area contributed by atoms with Crippen LogP contribution in [0.25, 0.3) is 0 Å². The summed E-state index contributed by atoms with van der Waals surface area (Å²) in [6.45, 7) is 0. The molecular formula is C22H20ClN3O5S. The van der Waals surface area contributed by atoms with Crippen LogP contribution in [-0.2, 0) is 10.0 Å². The maximum Gasteiger partial charge on any atom is 0.264 e. The number of methoxy groups -OCH3 is 1. The van der Waals surface area contributed by atoms with E-state index >= 15 is 0 Å². The molecule has 0 spiro atoms. The van der Waals surface area contributed by atoms with Gasteiger partial charge >= 0.3 is 0 Å². The molecule has 0 saturated carbocycles. The molecule has 0 fully saturated rings. The summed E-state index contributed by atoms with van der Waals surface area (Å²) in [6.07, 6.45) is 0. The van der Waals surface area contributed by atoms with Crippen molar-refractivity contribution in [2.75, 3.05) is 23.8 Å². The summed E-state index contributed by atoms with van der Waals surface area (Å²) < 4.78 is 32.4. The lowest BCUT2D eigenvalue weighted by molar-refractivity contribution is 0.0996. The van der Waals surface area contributed by atoms with Crippen LogP contribution in [0.4, 0.5) is 11.4 Å². The molecule has 0 unspecified atom stereocenters. The number of anilines is 2. The molecule has 0 atom stereocenters. The number of halogens is 1. The van der Waals surface area contributed by atoms with Crippen molar-refractivity contribution in [2.45, 2.75) is 4.90 Å². The van der Waals surface area contributed by atoms with Gasteiger partial charge in [-0.05, 0) is 60.7 Å². The van der Waals surface area contributed by atoms with E-state index < -0.39 is 21.8 Å². The minimum absolute atomic E-state index is 0.0573. The fourth-order valence-corrected chi connectivity index (χ4v) is 4.33. The lowest BCUT2D eigenvalue weighted by Crippen LogP contribution is -2.26. The third-order valence-electron chi connectivity index (χ3n) is 4.68. The third-order valence-corrected chi connectivity index (χ3v) is 6.79. The molecule has 3 aromatic rings. The van der Waals surface area contributed by atoms with Crippen LogP contribution in [0.2, 0.25) is 5.02 Å². The Morgan fingerprint density at radius 2 is 1.72 bits per heavy atom. The summed E-state index contributed by atoms with van der Waals surface area (Å²) in [5.74, 6) is -0.701. The molecule has 166 valence electrons. The number of primary amides is 1. The maximum absolute atomic E-state index is 13.1. The molecule has 0 aliphatic rings. The van der Waals surface area contributed by atoms with Gasteiger partial charge in [0.2, 0.25) is 5.91 Å². The normalized spacial score (nSPS) is 11.0. The van der Waals surface area contributed by atoms with Gasteiger partial charge in [0.1, 0.15) is 5.75 Å². The number of hydrogen-bond acceptors (Lipinski definition) is 5. The number of nitrogens with zero attached hydrogens (tertiary/aromatic N) is 1. The fraction of sp³-hybridized carbons (Fsp3) is 0.0909. The smallest absolute Gasteiger partial charge is 0.264 e. The molecule has 3 rings (SSSR count). The van der Waals surface area contributed by atoms with E-state index in [-0.39, 0.29) is 26.7 Å². The number of carbonyl (C=O) groups is 2. The number of hydrogen-bond donors (Lipinski definition) is 2. The lowest BCUT2D eigenvalue weighted by atomic mass is 10.1. The number of sulfonamides is 1. The second kappa shape index (κ2) is 9.29. The van der Waals surface area contributed by atoms with Crippen LogP contribution in [0.1, 0.15) is 20.7 Å². The van der Waals surface area contributed by atoms with Gasteiger partial charge in [-0.2, -0.15) is 0 Å². The highest BCUT2D eigenvalue weighted by atomic mass is 35.5. The minimum Gasteiger partial charge on any atom is -0.497 e. The third kappa shape index (κ3) is 4.84. The molecule has 0 bridgehead atoms. The van der Waals surface area contributed by atoms with Gasteiger partial charge in [-0.15, -0.1) is 0 Å². The average Bonchev–Trinajstić information content (AvgIpc) is 2.79. The van der Waals surface area contributed by atoms with Gasteiger partial charge in [0.15, 0.2) is 0 Å². The number of benzene rings is 3. The first-order chi connectivity index (χ1) is 15.1. The maximum atomic E-state index is 13.1. The van der Waals surface area contributed by atoms with E-state index in [9.17, 15) is 18.0 Å². The Labute approximate surface area is 190 Å². The van der Waals surface area contributed by atoms with E-state index in [0.29, 0.717) is 11.4 Å². The molecule has 8 nitrogen and oxygen atoms in total. The van der Waals surface area contributed by atoms with Gasteiger partial charge in [-0.1, -0.05) is 17.7 Å². The average molecular weight is 474 g/mol. The quantitative estimate of drug-likeness (QED) is 0.544. The SMILES string of the molecule is COc1ccc(N(C)S(=O)(=O)c2cccc(C(=O)Nc3ccc(Cl)c(C(N)=O)c3)c2)cc1. The predicted octanol–water partition coefficient (Wildman–Crippen LogP) is 3.52. The zero-order valence-corrected chi connectivity index (χ0v) is 18.8. The van der Waals surface area contributed by atoms with Crippen molar-refractivity contribution >= 4 is 44.8 Å². The van der Waals surface area contributed by atoms with Crippen LogP contribution >= 0.6 is 11.6 Å². The first kappa shape index (κ1) is 23.1. The summed E-state index contributed by atoms with van der Waals surface area (Å²) in [6, 6.07) is 16.4. The van der Waals surface area contributed by atoms with Crippen LogP contribution in [0, 0.1) is 0 Å². The summed E-state index contributed by atoms with van der Waals surface area (Å²) in [4.78, 5) is 24.1. The van der Waals surface area contributed by atoms with Crippen molar-refractivity contribution in [3.8, 4) is 5.75 Å². The van der Waals surface area contributed by atoms with Crippen LogP contribution in [0.15, 0.2) is 71.6 Å². The highest BCUT2D eigenvalue weighted by molar-refractivity contribution is 7.92. The predicted molar refractivity (Wildman–Crippen MR) is 123 cm³/mol. The molecule has 3 N–H and O–H groups in total. The summed E-state index contributed by atoms with van der Waals surface area (Å²) >= 11 is 5.92. The molecule has 2 amide bonds. The molecule has 0 heterocycles.